The number of nitrogens with one attached hydrogen (secondary N) is 1. The molecule has 4 nitrogen and oxygen atoms in total. The van der Waals surface area contributed by atoms with Gasteiger partial charge in [0.25, 0.3) is 0 Å². The van der Waals surface area contributed by atoms with Gasteiger partial charge >= 0.3 is 0 Å². The summed E-state index contributed by atoms with van der Waals surface area (Å²) in [7, 11) is 0. The van der Waals surface area contributed by atoms with Gasteiger partial charge in [0.2, 0.25) is 11.8 Å². The van der Waals surface area contributed by atoms with Crippen molar-refractivity contribution in [1.29, 1.82) is 0 Å². The molecule has 0 spiro atoms. The Morgan fingerprint density at radius 1 is 1.12 bits per heavy atom. The maximum atomic E-state index is 13.2. The molecule has 1 aliphatic rings. The summed E-state index contributed by atoms with van der Waals surface area (Å²) in [5.74, 6) is 0.893. The van der Waals surface area contributed by atoms with E-state index >= 15 is 0 Å². The minimum atomic E-state index is -0.532. The van der Waals surface area contributed by atoms with Crippen LogP contribution < -0.4 is 5.32 Å². The van der Waals surface area contributed by atoms with Gasteiger partial charge in [-0.1, -0.05) is 71.1 Å². The molecule has 172 valence electrons. The standard InChI is InChI=1S/C25H30BrClN2O2S/c1-18(25(31)28-23-11-3-2-4-12-23)29(15-19-7-5-9-21(26)13-19)24(30)17-32-16-20-8-6-10-22(27)14-20/h5-10,13-14,18,23H,2-4,11-12,15-17H2,1H3,(H,28,31). The predicted octanol–water partition coefficient (Wildman–Crippen LogP) is 6.20. The summed E-state index contributed by atoms with van der Waals surface area (Å²) in [6.45, 7) is 2.23. The molecule has 1 fully saturated rings. The van der Waals surface area contributed by atoms with Gasteiger partial charge in [-0.25, -0.2) is 0 Å². The average molecular weight is 538 g/mol. The molecule has 1 atom stereocenters. The van der Waals surface area contributed by atoms with E-state index in [0.717, 1.165) is 41.3 Å². The topological polar surface area (TPSA) is 49.4 Å². The van der Waals surface area contributed by atoms with Crippen molar-refractivity contribution in [2.24, 2.45) is 0 Å². The van der Waals surface area contributed by atoms with Crippen molar-refractivity contribution in [3.05, 3.63) is 69.2 Å². The van der Waals surface area contributed by atoms with E-state index in [-0.39, 0.29) is 17.9 Å². The molecule has 0 radical (unpaired) electrons. The van der Waals surface area contributed by atoms with Gasteiger partial charge < -0.3 is 10.2 Å². The summed E-state index contributed by atoms with van der Waals surface area (Å²) >= 11 is 11.1. The first-order valence-corrected chi connectivity index (χ1v) is 13.4. The van der Waals surface area contributed by atoms with E-state index in [1.165, 1.54) is 18.2 Å². The number of amides is 2. The maximum Gasteiger partial charge on any atom is 0.242 e. The van der Waals surface area contributed by atoms with Gasteiger partial charge in [0.15, 0.2) is 0 Å². The van der Waals surface area contributed by atoms with Gasteiger partial charge in [-0.05, 0) is 55.2 Å². The van der Waals surface area contributed by atoms with E-state index in [0.29, 0.717) is 23.1 Å². The SMILES string of the molecule is CC(C(=O)NC1CCCCC1)N(Cc1cccc(Br)c1)C(=O)CSCc1cccc(Cl)c1. The highest BCUT2D eigenvalue weighted by Crippen LogP contribution is 2.21. The van der Waals surface area contributed by atoms with E-state index in [2.05, 4.69) is 21.2 Å². The molecule has 1 unspecified atom stereocenters. The van der Waals surface area contributed by atoms with Crippen molar-refractivity contribution in [3.63, 3.8) is 0 Å². The fourth-order valence-corrected chi connectivity index (χ4v) is 5.47. The van der Waals surface area contributed by atoms with Gasteiger partial charge in [-0.15, -0.1) is 11.8 Å². The lowest BCUT2D eigenvalue weighted by Gasteiger charge is -2.31. The fraction of sp³-hybridized carbons (Fsp3) is 0.440. The number of hydrogen-bond donors (Lipinski definition) is 1. The first kappa shape index (κ1) is 25.1. The zero-order valence-corrected chi connectivity index (χ0v) is 21.5. The Kier molecular flexibility index (Phi) is 9.94. The lowest BCUT2D eigenvalue weighted by atomic mass is 9.95. The molecular weight excluding hydrogens is 508 g/mol. The molecule has 1 N–H and O–H groups in total. The van der Waals surface area contributed by atoms with Crippen molar-refractivity contribution in [2.75, 3.05) is 5.75 Å². The van der Waals surface area contributed by atoms with Crippen molar-refractivity contribution in [1.82, 2.24) is 10.2 Å². The van der Waals surface area contributed by atoms with Crippen LogP contribution in [0.1, 0.15) is 50.2 Å². The van der Waals surface area contributed by atoms with Crippen LogP contribution in [0, 0.1) is 0 Å². The molecule has 0 saturated heterocycles. The first-order chi connectivity index (χ1) is 15.4. The van der Waals surface area contributed by atoms with E-state index < -0.39 is 6.04 Å². The highest BCUT2D eigenvalue weighted by atomic mass is 79.9. The number of nitrogens with zero attached hydrogens (tertiary/aromatic N) is 1. The zero-order chi connectivity index (χ0) is 22.9. The molecule has 0 bridgehead atoms. The Hall–Kier alpha value is -1.50. The normalized spacial score (nSPS) is 15.2. The second-order valence-electron chi connectivity index (χ2n) is 8.29. The molecule has 2 aromatic rings. The summed E-state index contributed by atoms with van der Waals surface area (Å²) in [6.07, 6.45) is 5.58. The monoisotopic (exact) mass is 536 g/mol. The Labute approximate surface area is 208 Å². The van der Waals surface area contributed by atoms with Crippen LogP contribution in [0.3, 0.4) is 0 Å². The van der Waals surface area contributed by atoms with Crippen LogP contribution in [0.25, 0.3) is 0 Å². The third-order valence-electron chi connectivity index (χ3n) is 5.74. The lowest BCUT2D eigenvalue weighted by Crippen LogP contribution is -2.50. The largest absolute Gasteiger partial charge is 0.352 e. The molecule has 7 heteroatoms. The van der Waals surface area contributed by atoms with E-state index in [1.807, 2.05) is 55.5 Å². The number of benzene rings is 2. The van der Waals surface area contributed by atoms with Crippen molar-refractivity contribution < 1.29 is 9.59 Å². The van der Waals surface area contributed by atoms with Crippen molar-refractivity contribution >= 4 is 51.1 Å². The molecule has 0 heterocycles. The molecule has 2 aromatic carbocycles. The van der Waals surface area contributed by atoms with Crippen LogP contribution in [-0.2, 0) is 21.9 Å². The number of thioether (sulfide) groups is 1. The second kappa shape index (κ2) is 12.7. The molecule has 0 aliphatic heterocycles. The molecule has 1 aliphatic carbocycles. The van der Waals surface area contributed by atoms with Gasteiger partial charge in [-0.3, -0.25) is 9.59 Å². The highest BCUT2D eigenvalue weighted by molar-refractivity contribution is 9.10. The van der Waals surface area contributed by atoms with Gasteiger partial charge in [0.1, 0.15) is 6.04 Å². The van der Waals surface area contributed by atoms with Crippen LogP contribution in [0.4, 0.5) is 0 Å². The molecule has 32 heavy (non-hydrogen) atoms. The van der Waals surface area contributed by atoms with Crippen molar-refractivity contribution in [2.45, 2.75) is 63.4 Å². The maximum absolute atomic E-state index is 13.2. The number of hydrogen-bond acceptors (Lipinski definition) is 3. The molecule has 2 amide bonds. The summed E-state index contributed by atoms with van der Waals surface area (Å²) in [6, 6.07) is 15.2. The molecular formula is C25H30BrClN2O2S. The van der Waals surface area contributed by atoms with Crippen LogP contribution in [-0.4, -0.2) is 34.6 Å². The summed E-state index contributed by atoms with van der Waals surface area (Å²) in [5, 5.41) is 3.87. The number of carbonyl (C=O) groups is 2. The Morgan fingerprint density at radius 3 is 2.56 bits per heavy atom. The van der Waals surface area contributed by atoms with Crippen LogP contribution in [0.15, 0.2) is 53.0 Å². The third kappa shape index (κ3) is 7.82. The zero-order valence-electron chi connectivity index (χ0n) is 18.4. The van der Waals surface area contributed by atoms with E-state index in [9.17, 15) is 9.59 Å². The Morgan fingerprint density at radius 2 is 1.84 bits per heavy atom. The number of carbonyl (C=O) groups excluding carboxylic acids is 2. The Bertz CT molecular complexity index is 920. The van der Waals surface area contributed by atoms with Gasteiger partial charge in [-0.2, -0.15) is 0 Å². The van der Waals surface area contributed by atoms with Crippen molar-refractivity contribution in [3.8, 4) is 0 Å². The highest BCUT2D eigenvalue weighted by Gasteiger charge is 2.28. The molecule has 1 saturated carbocycles. The molecule has 3 rings (SSSR count). The fourth-order valence-electron chi connectivity index (χ4n) is 3.95. The minimum absolute atomic E-state index is 0.0386. The van der Waals surface area contributed by atoms with E-state index in [4.69, 9.17) is 11.6 Å². The van der Waals surface area contributed by atoms with Crippen LogP contribution in [0.5, 0.6) is 0 Å². The van der Waals surface area contributed by atoms with Crippen LogP contribution >= 0.6 is 39.3 Å². The third-order valence-corrected chi connectivity index (χ3v) is 7.46. The number of rotatable bonds is 9. The quantitative estimate of drug-likeness (QED) is 0.414. The van der Waals surface area contributed by atoms with Gasteiger partial charge in [0, 0.05) is 27.8 Å². The molecule has 0 aromatic heterocycles. The summed E-state index contributed by atoms with van der Waals surface area (Å²) < 4.78 is 0.956. The van der Waals surface area contributed by atoms with Crippen LogP contribution in [0.2, 0.25) is 5.02 Å². The minimum Gasteiger partial charge on any atom is -0.352 e. The smallest absolute Gasteiger partial charge is 0.242 e. The second-order valence-corrected chi connectivity index (χ2v) is 10.6. The summed E-state index contributed by atoms with van der Waals surface area (Å²) in [4.78, 5) is 27.9. The first-order valence-electron chi connectivity index (χ1n) is 11.1. The predicted molar refractivity (Wildman–Crippen MR) is 137 cm³/mol. The average Bonchev–Trinajstić information content (AvgIpc) is 2.77. The van der Waals surface area contributed by atoms with Gasteiger partial charge in [0.05, 0.1) is 5.75 Å². The summed E-state index contributed by atoms with van der Waals surface area (Å²) in [5.41, 5.74) is 2.07. The lowest BCUT2D eigenvalue weighted by molar-refractivity contribution is -0.139. The number of halogens is 2. The van der Waals surface area contributed by atoms with E-state index in [1.54, 1.807) is 4.90 Å². The Balaban J connectivity index is 1.65.